The molecule has 2 fully saturated rings. The third-order valence-corrected chi connectivity index (χ3v) is 12.1. The van der Waals surface area contributed by atoms with E-state index in [4.69, 9.17) is 47.4 Å². The van der Waals surface area contributed by atoms with Gasteiger partial charge in [-0.3, -0.25) is 9.69 Å². The van der Waals surface area contributed by atoms with Gasteiger partial charge in [-0.15, -0.1) is 0 Å². The highest BCUT2D eigenvalue weighted by atomic mass is 16.8. The van der Waals surface area contributed by atoms with Crippen molar-refractivity contribution in [2.45, 2.75) is 231 Å². The van der Waals surface area contributed by atoms with Crippen LogP contribution in [-0.2, 0) is 57.0 Å². The second kappa shape index (κ2) is 30.2. The van der Waals surface area contributed by atoms with E-state index in [1.54, 1.807) is 47.0 Å². The molecule has 0 aliphatic carbocycles. The van der Waals surface area contributed by atoms with Crippen molar-refractivity contribution in [1.29, 1.82) is 0 Å². The number of nitrogens with zero attached hydrogens (tertiary/aromatic N) is 1. The maximum absolute atomic E-state index is 13.1. The molecule has 2 saturated heterocycles. The van der Waals surface area contributed by atoms with Crippen LogP contribution >= 0.6 is 0 Å². The Labute approximate surface area is 381 Å². The van der Waals surface area contributed by atoms with Gasteiger partial charge in [0.2, 0.25) is 11.6 Å². The summed E-state index contributed by atoms with van der Waals surface area (Å²) in [6, 6.07) is -0.142. The Kier molecular flexibility index (Phi) is 27.3. The topological polar surface area (TPSA) is 147 Å². The first-order valence-electron chi connectivity index (χ1n) is 24.1. The number of hydrogen-bond acceptors (Lipinski definition) is 13. The molecule has 0 radical (unpaired) electrons. The summed E-state index contributed by atoms with van der Waals surface area (Å²) in [4.78, 5) is 39.2. The first-order chi connectivity index (χ1) is 30.0. The number of ether oxygens (including phenoxy) is 10. The van der Waals surface area contributed by atoms with Gasteiger partial charge in [0.15, 0.2) is 0 Å². The molecule has 0 aromatic rings. The van der Waals surface area contributed by atoms with Crippen molar-refractivity contribution in [3.8, 4) is 0 Å². The summed E-state index contributed by atoms with van der Waals surface area (Å²) in [7, 11) is 4.71. The SMILES string of the molecule is CCOC(=O)/C=C/CCCC[C@@H](OCOC)[C@@H]1O[C@@](C)(OC)[C@](C)(OC)O[C@@H]1CCC(=O)CCCCCCCCCCCCCCCOC[C@H]1COC(C)(C)N1C(=O)OC(C)(C)C. The van der Waals surface area contributed by atoms with E-state index in [1.807, 2.05) is 40.7 Å². The minimum Gasteiger partial charge on any atom is -0.463 e. The van der Waals surface area contributed by atoms with E-state index in [0.717, 1.165) is 51.4 Å². The zero-order valence-corrected chi connectivity index (χ0v) is 41.4. The van der Waals surface area contributed by atoms with Crippen LogP contribution in [0.15, 0.2) is 12.2 Å². The van der Waals surface area contributed by atoms with E-state index >= 15 is 0 Å². The average Bonchev–Trinajstić information content (AvgIpc) is 3.54. The van der Waals surface area contributed by atoms with Crippen LogP contribution in [0.3, 0.4) is 0 Å². The summed E-state index contributed by atoms with van der Waals surface area (Å²) in [5, 5.41) is 0. The first kappa shape index (κ1) is 57.0. The highest BCUT2D eigenvalue weighted by molar-refractivity contribution is 5.81. The molecule has 2 heterocycles. The molecule has 2 aliphatic rings. The molecule has 2 aliphatic heterocycles. The van der Waals surface area contributed by atoms with Gasteiger partial charge >= 0.3 is 12.1 Å². The molecule has 14 nitrogen and oxygen atoms in total. The lowest BCUT2D eigenvalue weighted by molar-refractivity contribution is -0.455. The van der Waals surface area contributed by atoms with Crippen LogP contribution < -0.4 is 0 Å². The van der Waals surface area contributed by atoms with Gasteiger partial charge in [0.05, 0.1) is 38.1 Å². The molecule has 0 saturated carbocycles. The third-order valence-electron chi connectivity index (χ3n) is 12.1. The van der Waals surface area contributed by atoms with Crippen molar-refractivity contribution in [1.82, 2.24) is 4.90 Å². The van der Waals surface area contributed by atoms with E-state index in [0.29, 0.717) is 52.1 Å². The predicted molar refractivity (Wildman–Crippen MR) is 243 cm³/mol. The second-order valence-corrected chi connectivity index (χ2v) is 18.8. The van der Waals surface area contributed by atoms with E-state index < -0.39 is 35.1 Å². The van der Waals surface area contributed by atoms with Crippen molar-refractivity contribution in [2.24, 2.45) is 0 Å². The van der Waals surface area contributed by atoms with Crippen molar-refractivity contribution in [3.63, 3.8) is 0 Å². The number of Topliss-reactive ketones (excluding diaryl/α,β-unsaturated/α-hetero) is 1. The van der Waals surface area contributed by atoms with E-state index in [9.17, 15) is 14.4 Å². The maximum atomic E-state index is 13.1. The van der Waals surface area contributed by atoms with Gasteiger partial charge in [-0.1, -0.05) is 83.1 Å². The Balaban J connectivity index is 1.61. The maximum Gasteiger partial charge on any atom is 0.412 e. The molecule has 0 bridgehead atoms. The second-order valence-electron chi connectivity index (χ2n) is 18.8. The Morgan fingerprint density at radius 3 is 1.94 bits per heavy atom. The largest absolute Gasteiger partial charge is 0.463 e. The molecule has 6 atom stereocenters. The van der Waals surface area contributed by atoms with Gasteiger partial charge in [0.1, 0.15) is 30.0 Å². The van der Waals surface area contributed by atoms with Crippen molar-refractivity contribution in [2.75, 3.05) is 54.5 Å². The van der Waals surface area contributed by atoms with Gasteiger partial charge in [0, 0.05) is 46.9 Å². The lowest BCUT2D eigenvalue weighted by atomic mass is 9.93. The number of amides is 1. The molecule has 0 aromatic heterocycles. The zero-order chi connectivity index (χ0) is 46.8. The van der Waals surface area contributed by atoms with Crippen molar-refractivity contribution >= 4 is 17.8 Å². The normalized spacial score (nSPS) is 24.2. The average molecular weight is 900 g/mol. The molecule has 0 aromatic carbocycles. The summed E-state index contributed by atoms with van der Waals surface area (Å²) < 4.78 is 58.7. The van der Waals surface area contributed by atoms with Crippen LogP contribution in [0.4, 0.5) is 4.79 Å². The monoisotopic (exact) mass is 900 g/mol. The fourth-order valence-corrected chi connectivity index (χ4v) is 8.19. The van der Waals surface area contributed by atoms with Crippen LogP contribution in [0.5, 0.6) is 0 Å². The highest BCUT2D eigenvalue weighted by Gasteiger charge is 2.58. The molecule has 368 valence electrons. The van der Waals surface area contributed by atoms with Gasteiger partial charge in [-0.2, -0.15) is 0 Å². The Morgan fingerprint density at radius 2 is 1.37 bits per heavy atom. The third kappa shape index (κ3) is 21.3. The van der Waals surface area contributed by atoms with Gasteiger partial charge in [0.25, 0.3) is 0 Å². The number of carbonyl (C=O) groups is 3. The fraction of sp³-hybridized carbons (Fsp3) is 0.898. The van der Waals surface area contributed by atoms with E-state index in [1.165, 1.54) is 57.4 Å². The van der Waals surface area contributed by atoms with Crippen molar-refractivity contribution < 1.29 is 61.8 Å². The van der Waals surface area contributed by atoms with Crippen LogP contribution in [0.2, 0.25) is 0 Å². The molecular formula is C49H89NO13. The summed E-state index contributed by atoms with van der Waals surface area (Å²) in [5.74, 6) is -2.53. The lowest BCUT2D eigenvalue weighted by Gasteiger charge is -2.53. The van der Waals surface area contributed by atoms with Gasteiger partial charge in [-0.05, 0) is 93.9 Å². The lowest BCUT2D eigenvalue weighted by Crippen LogP contribution is -2.67. The number of methoxy groups -OCH3 is 3. The zero-order valence-electron chi connectivity index (χ0n) is 41.4. The Bertz CT molecular complexity index is 1300. The predicted octanol–water partition coefficient (Wildman–Crippen LogP) is 10.4. The summed E-state index contributed by atoms with van der Waals surface area (Å²) in [6.07, 6.45) is 21.3. The van der Waals surface area contributed by atoms with Crippen LogP contribution in [-0.4, -0.2) is 125 Å². The van der Waals surface area contributed by atoms with Gasteiger partial charge < -0.3 is 47.4 Å². The summed E-state index contributed by atoms with van der Waals surface area (Å²) in [6.45, 7) is 16.8. The van der Waals surface area contributed by atoms with Gasteiger partial charge in [-0.25, -0.2) is 9.59 Å². The molecule has 14 heteroatoms. The van der Waals surface area contributed by atoms with Crippen LogP contribution in [0.1, 0.15) is 184 Å². The van der Waals surface area contributed by atoms with Crippen LogP contribution in [0.25, 0.3) is 0 Å². The fourth-order valence-electron chi connectivity index (χ4n) is 8.19. The molecule has 0 unspecified atom stereocenters. The number of allylic oxidation sites excluding steroid dienone is 1. The number of carbonyl (C=O) groups excluding carboxylic acids is 3. The molecule has 0 spiro atoms. The molecule has 1 amide bonds. The number of ketones is 1. The molecule has 0 N–H and O–H groups in total. The van der Waals surface area contributed by atoms with Crippen molar-refractivity contribution in [3.05, 3.63) is 12.2 Å². The summed E-state index contributed by atoms with van der Waals surface area (Å²) >= 11 is 0. The van der Waals surface area contributed by atoms with E-state index in [2.05, 4.69) is 0 Å². The Morgan fingerprint density at radius 1 is 0.778 bits per heavy atom. The highest BCUT2D eigenvalue weighted by Crippen LogP contribution is 2.42. The van der Waals surface area contributed by atoms with E-state index in [-0.39, 0.29) is 36.8 Å². The first-order valence-corrected chi connectivity index (χ1v) is 24.1. The van der Waals surface area contributed by atoms with Crippen LogP contribution in [0, 0.1) is 0 Å². The number of hydrogen-bond donors (Lipinski definition) is 0. The summed E-state index contributed by atoms with van der Waals surface area (Å²) in [5.41, 5.74) is -1.27. The smallest absolute Gasteiger partial charge is 0.412 e. The minimum absolute atomic E-state index is 0.0836. The number of unbranched alkanes of at least 4 members (excludes halogenated alkanes) is 14. The standard InChI is InChI=1S/C49H89NO13/c1-12-58-43(52)32-28-24-23-27-31-41(59-38-54-9)44-42(61-48(7,55-10)49(8,56-11)62-44)34-33-40(51)30-26-22-20-18-16-14-13-15-17-19-21-25-29-35-57-36-39-37-60-47(5,6)50(39)45(53)63-46(2,3)4/h28,32,39,41-42,44H,12-27,29-31,33-38H2,1-11H3/b32-28+/t39-,41+,42+,44-,48+,49+/m0/s1. The molecular weight excluding hydrogens is 811 g/mol. The minimum atomic E-state index is -1.22. The quantitative estimate of drug-likeness (QED) is 0.0261. The Hall–Kier alpha value is -2.17. The molecule has 2 rings (SSSR count). The number of esters is 1. The molecule has 63 heavy (non-hydrogen) atoms. The number of rotatable bonds is 34.